The molecule has 0 aliphatic heterocycles. The number of hydrogen-bond acceptors (Lipinski definition) is 8. The largest absolute Gasteiger partial charge is 0.508 e. The minimum Gasteiger partial charge on any atom is -0.438 e. The third-order valence-electron chi connectivity index (χ3n) is 0.858. The van der Waals surface area contributed by atoms with Crippen molar-refractivity contribution in [1.29, 1.82) is 0 Å². The predicted molar refractivity (Wildman–Crippen MR) is 69.0 cm³/mol. The first-order valence-electron chi connectivity index (χ1n) is 5.50. The van der Waals surface area contributed by atoms with Crippen molar-refractivity contribution in [3.05, 3.63) is 0 Å². The fourth-order valence-electron chi connectivity index (χ4n) is 0.361. The maximum Gasteiger partial charge on any atom is 0.508 e. The molecule has 0 saturated carbocycles. The lowest BCUT2D eigenvalue weighted by Crippen LogP contribution is -2.05. The van der Waals surface area contributed by atoms with Gasteiger partial charge >= 0.3 is 12.3 Å². The minimum atomic E-state index is -0.657. The molecule has 2 N–H and O–H groups in total. The van der Waals surface area contributed by atoms with Crippen LogP contribution in [-0.4, -0.2) is 63.7 Å². The Bertz CT molecular complexity index is 158. The summed E-state index contributed by atoms with van der Waals surface area (Å²) in [5, 5.41) is 14.6. The number of rotatable bonds is 2. The molecule has 0 aromatic carbocycles. The van der Waals surface area contributed by atoms with Gasteiger partial charge in [-0.1, -0.05) is 0 Å². The van der Waals surface area contributed by atoms with Crippen molar-refractivity contribution in [3.8, 4) is 0 Å². The Hall–Kier alpha value is -1.54. The summed E-state index contributed by atoms with van der Waals surface area (Å²) < 4.78 is 16.9. The van der Waals surface area contributed by atoms with Crippen LogP contribution in [0.3, 0.4) is 0 Å². The van der Waals surface area contributed by atoms with E-state index in [1.165, 1.54) is 14.2 Å². The lowest BCUT2D eigenvalue weighted by atomic mass is 10.8. The number of methoxy groups -OCH3 is 2. The lowest BCUT2D eigenvalue weighted by Gasteiger charge is -1.98. The molecule has 8 nitrogen and oxygen atoms in total. The van der Waals surface area contributed by atoms with Gasteiger partial charge in [-0.05, 0) is 20.8 Å². The summed E-state index contributed by atoms with van der Waals surface area (Å²) in [6, 6.07) is 0. The van der Waals surface area contributed by atoms with Crippen LogP contribution in [0.2, 0.25) is 0 Å². The maximum absolute atomic E-state index is 10.2. The first kappa shape index (κ1) is 26.1. The van der Waals surface area contributed by atoms with Gasteiger partial charge in [-0.2, -0.15) is 0 Å². The van der Waals surface area contributed by atoms with Crippen LogP contribution in [0.25, 0.3) is 0 Å². The Balaban J connectivity index is -0.0000000904. The highest BCUT2D eigenvalue weighted by Crippen LogP contribution is 1.81. The van der Waals surface area contributed by atoms with Crippen molar-refractivity contribution in [3.63, 3.8) is 0 Å². The molecule has 19 heavy (non-hydrogen) atoms. The van der Waals surface area contributed by atoms with Crippen LogP contribution >= 0.6 is 0 Å². The van der Waals surface area contributed by atoms with Crippen molar-refractivity contribution in [1.82, 2.24) is 0 Å². The zero-order valence-corrected chi connectivity index (χ0v) is 12.5. The van der Waals surface area contributed by atoms with Crippen LogP contribution in [0.1, 0.15) is 20.8 Å². The van der Waals surface area contributed by atoms with Gasteiger partial charge in [0.2, 0.25) is 0 Å². The highest BCUT2D eigenvalue weighted by molar-refractivity contribution is 5.59. The van der Waals surface area contributed by atoms with Crippen molar-refractivity contribution >= 4 is 12.3 Å². The fraction of sp³-hybridized carbons (Fsp3) is 0.818. The Kier molecular flexibility index (Phi) is 41.2. The van der Waals surface area contributed by atoms with Gasteiger partial charge < -0.3 is 29.2 Å². The average Bonchev–Trinajstić information content (AvgIpc) is 2.42. The van der Waals surface area contributed by atoms with Crippen molar-refractivity contribution in [2.75, 3.05) is 41.2 Å². The molecule has 0 bridgehead atoms. The second-order valence-corrected chi connectivity index (χ2v) is 2.09. The first-order valence-corrected chi connectivity index (χ1v) is 5.50. The zero-order valence-electron chi connectivity index (χ0n) is 12.5. The van der Waals surface area contributed by atoms with Gasteiger partial charge in [-0.25, -0.2) is 9.59 Å². The summed E-state index contributed by atoms with van der Waals surface area (Å²) >= 11 is 0. The molecule has 0 aliphatic carbocycles. The van der Waals surface area contributed by atoms with Gasteiger partial charge in [0, 0.05) is 13.7 Å². The van der Waals surface area contributed by atoms with E-state index in [1.807, 2.05) is 0 Å². The maximum atomic E-state index is 10.2. The third-order valence-corrected chi connectivity index (χ3v) is 0.858. The SMILES string of the molecule is CCO.CCOC(=O)OCC.CO.COC(=O)OC. The molecule has 118 valence electrons. The topological polar surface area (TPSA) is 112 Å². The van der Waals surface area contributed by atoms with E-state index in [2.05, 4.69) is 18.9 Å². The number of carbonyl (C=O) groups excluding carboxylic acids is 2. The van der Waals surface area contributed by atoms with Gasteiger partial charge in [-0.3, -0.25) is 0 Å². The second-order valence-electron chi connectivity index (χ2n) is 2.09. The van der Waals surface area contributed by atoms with E-state index in [0.29, 0.717) is 13.2 Å². The molecule has 0 fully saturated rings. The molecule has 0 radical (unpaired) electrons. The molecule has 0 aromatic heterocycles. The number of hydrogen-bond donors (Lipinski definition) is 2. The minimum absolute atomic E-state index is 0.250. The monoisotopic (exact) mass is 286 g/mol. The van der Waals surface area contributed by atoms with E-state index < -0.39 is 12.3 Å². The smallest absolute Gasteiger partial charge is 0.438 e. The van der Waals surface area contributed by atoms with Crippen molar-refractivity contribution < 1.29 is 38.7 Å². The zero-order chi connectivity index (χ0) is 16.1. The quantitative estimate of drug-likeness (QED) is 0.728. The molecule has 0 aliphatic rings. The molecular formula is C11H26O8. The van der Waals surface area contributed by atoms with Crippen LogP contribution in [0.4, 0.5) is 9.59 Å². The highest BCUT2D eigenvalue weighted by Gasteiger charge is 1.96. The molecule has 0 heterocycles. The summed E-state index contributed by atoms with van der Waals surface area (Å²) in [4.78, 5) is 19.9. The molecule has 0 aromatic rings. The molecule has 0 spiro atoms. The fourth-order valence-corrected chi connectivity index (χ4v) is 0.361. The van der Waals surface area contributed by atoms with E-state index in [1.54, 1.807) is 20.8 Å². The number of aliphatic hydroxyl groups is 2. The van der Waals surface area contributed by atoms with Crippen LogP contribution in [0, 0.1) is 0 Å². The lowest BCUT2D eigenvalue weighted by molar-refractivity contribution is 0.0630. The van der Waals surface area contributed by atoms with Gasteiger partial charge in [0.25, 0.3) is 0 Å². The number of ether oxygens (including phenoxy) is 4. The second kappa shape index (κ2) is 30.0. The Morgan fingerprint density at radius 1 is 0.842 bits per heavy atom. The Labute approximate surface area is 114 Å². The summed E-state index contributed by atoms with van der Waals surface area (Å²) in [6.45, 7) is 6.14. The molecule has 0 rings (SSSR count). The molecular weight excluding hydrogens is 260 g/mol. The number of carbonyl (C=O) groups is 2. The van der Waals surface area contributed by atoms with E-state index in [4.69, 9.17) is 10.2 Å². The molecule has 0 amide bonds. The Morgan fingerprint density at radius 2 is 1.11 bits per heavy atom. The van der Waals surface area contributed by atoms with E-state index in [-0.39, 0.29) is 6.61 Å². The molecule has 8 heteroatoms. The summed E-state index contributed by atoms with van der Waals surface area (Å²) in [5.41, 5.74) is 0. The van der Waals surface area contributed by atoms with Crippen molar-refractivity contribution in [2.45, 2.75) is 20.8 Å². The van der Waals surface area contributed by atoms with Gasteiger partial charge in [0.15, 0.2) is 0 Å². The third kappa shape index (κ3) is 48.1. The standard InChI is InChI=1S/C5H10O3.C3H6O3.C2H6O.CH4O/c1-3-7-5(6)8-4-2;1-5-3(4)6-2;1-2-3;1-2/h3-4H2,1-2H3;1-2H3;3H,2H2,1H3;2H,1H3. The van der Waals surface area contributed by atoms with Crippen LogP contribution < -0.4 is 0 Å². The van der Waals surface area contributed by atoms with E-state index >= 15 is 0 Å². The van der Waals surface area contributed by atoms with Crippen LogP contribution in [0.15, 0.2) is 0 Å². The number of aliphatic hydroxyl groups excluding tert-OH is 2. The first-order chi connectivity index (χ1) is 9.03. The van der Waals surface area contributed by atoms with Crippen molar-refractivity contribution in [2.24, 2.45) is 0 Å². The van der Waals surface area contributed by atoms with Crippen LogP contribution in [0.5, 0.6) is 0 Å². The predicted octanol–water partition coefficient (Wildman–Crippen LogP) is 1.19. The van der Waals surface area contributed by atoms with Crippen LogP contribution in [-0.2, 0) is 18.9 Å². The summed E-state index contributed by atoms with van der Waals surface area (Å²) in [6.07, 6.45) is -1.25. The summed E-state index contributed by atoms with van der Waals surface area (Å²) in [5.74, 6) is 0. The summed E-state index contributed by atoms with van der Waals surface area (Å²) in [7, 11) is 3.51. The molecule has 0 unspecified atom stereocenters. The van der Waals surface area contributed by atoms with E-state index in [9.17, 15) is 9.59 Å². The normalized spacial score (nSPS) is 6.95. The molecule has 0 atom stereocenters. The highest BCUT2D eigenvalue weighted by atomic mass is 16.7. The van der Waals surface area contributed by atoms with Gasteiger partial charge in [-0.15, -0.1) is 0 Å². The van der Waals surface area contributed by atoms with Gasteiger partial charge in [0.1, 0.15) is 0 Å². The van der Waals surface area contributed by atoms with E-state index in [0.717, 1.165) is 7.11 Å². The molecule has 0 saturated heterocycles. The van der Waals surface area contributed by atoms with Gasteiger partial charge in [0.05, 0.1) is 27.4 Å². The average molecular weight is 286 g/mol. The Morgan fingerprint density at radius 3 is 1.21 bits per heavy atom.